The van der Waals surface area contributed by atoms with Crippen molar-refractivity contribution in [3.8, 4) is 0 Å². The van der Waals surface area contributed by atoms with E-state index in [0.717, 1.165) is 12.4 Å². The van der Waals surface area contributed by atoms with Gasteiger partial charge in [0, 0.05) is 19.6 Å². The first-order valence-corrected chi connectivity index (χ1v) is 7.23. The molecule has 1 unspecified atom stereocenters. The Hall–Kier alpha value is -0.830. The minimum Gasteiger partial charge on any atom is -0.371 e. The first-order chi connectivity index (χ1) is 8.65. The third-order valence-corrected chi connectivity index (χ3v) is 3.11. The van der Waals surface area contributed by atoms with Crippen LogP contribution in [-0.4, -0.2) is 43.5 Å². The molecule has 0 heterocycles. The molecule has 0 saturated heterocycles. The maximum atomic E-state index is 4.07. The predicted molar refractivity (Wildman–Crippen MR) is 82.4 cm³/mol. The Kier molecular flexibility index (Phi) is 10.8. The summed E-state index contributed by atoms with van der Waals surface area (Å²) in [5.41, 5.74) is 0. The minimum atomic E-state index is 0.525. The minimum absolute atomic E-state index is 0.525. The molecule has 0 radical (unpaired) electrons. The average Bonchev–Trinajstić information content (AvgIpc) is 2.38. The second kappa shape index (κ2) is 11.3. The Bertz CT molecular complexity index is 246. The zero-order valence-corrected chi connectivity index (χ0v) is 12.9. The van der Waals surface area contributed by atoms with E-state index in [9.17, 15) is 0 Å². The molecule has 0 aromatic heterocycles. The lowest BCUT2D eigenvalue weighted by molar-refractivity contribution is 0.237. The van der Waals surface area contributed by atoms with E-state index in [2.05, 4.69) is 48.1 Å². The molecular formula is C15H31N3. The molecule has 0 aromatic carbocycles. The van der Waals surface area contributed by atoms with Crippen molar-refractivity contribution < 1.29 is 0 Å². The summed E-state index contributed by atoms with van der Waals surface area (Å²) >= 11 is 0. The Labute approximate surface area is 113 Å². The highest BCUT2D eigenvalue weighted by atomic mass is 15.1. The zero-order valence-electron chi connectivity index (χ0n) is 12.9. The van der Waals surface area contributed by atoms with E-state index >= 15 is 0 Å². The van der Waals surface area contributed by atoms with Crippen LogP contribution in [0.1, 0.15) is 47.0 Å². The van der Waals surface area contributed by atoms with Gasteiger partial charge in [-0.3, -0.25) is 9.89 Å². The second-order valence-corrected chi connectivity index (χ2v) is 4.75. The van der Waals surface area contributed by atoms with Gasteiger partial charge in [-0.15, -0.1) is 0 Å². The molecule has 18 heavy (non-hydrogen) atoms. The Morgan fingerprint density at radius 1 is 1.28 bits per heavy atom. The molecule has 3 nitrogen and oxygen atoms in total. The quantitative estimate of drug-likeness (QED) is 0.388. The van der Waals surface area contributed by atoms with Crippen LogP contribution >= 0.6 is 0 Å². The molecule has 1 N–H and O–H groups in total. The molecule has 0 fully saturated rings. The van der Waals surface area contributed by atoms with Crippen LogP contribution in [0.15, 0.2) is 17.1 Å². The van der Waals surface area contributed by atoms with E-state index in [-0.39, 0.29) is 0 Å². The van der Waals surface area contributed by atoms with Crippen LogP contribution in [0, 0.1) is 0 Å². The Morgan fingerprint density at radius 2 is 2.00 bits per heavy atom. The summed E-state index contributed by atoms with van der Waals surface area (Å²) < 4.78 is 0. The van der Waals surface area contributed by atoms with Gasteiger partial charge in [-0.2, -0.15) is 0 Å². The van der Waals surface area contributed by atoms with Gasteiger partial charge in [-0.25, -0.2) is 0 Å². The van der Waals surface area contributed by atoms with Gasteiger partial charge in [0.25, 0.3) is 0 Å². The molecule has 0 rings (SSSR count). The molecule has 0 saturated carbocycles. The number of aliphatic imine (C=N–C) groups is 1. The largest absolute Gasteiger partial charge is 0.371 e. The number of nitrogens with one attached hydrogen (secondary N) is 1. The van der Waals surface area contributed by atoms with E-state index in [1.807, 2.05) is 14.0 Å². The summed E-state index contributed by atoms with van der Waals surface area (Å²) in [5.74, 6) is 0.990. The summed E-state index contributed by atoms with van der Waals surface area (Å²) in [6, 6.07) is 0.525. The van der Waals surface area contributed by atoms with Crippen LogP contribution in [0.3, 0.4) is 0 Å². The Morgan fingerprint density at radius 3 is 2.56 bits per heavy atom. The maximum Gasteiger partial charge on any atom is 0.0930 e. The lowest BCUT2D eigenvalue weighted by Crippen LogP contribution is -2.33. The number of hydrogen-bond donors (Lipinski definition) is 1. The highest BCUT2D eigenvalue weighted by Crippen LogP contribution is 2.04. The highest BCUT2D eigenvalue weighted by Gasteiger charge is 2.08. The molecule has 1 atom stereocenters. The van der Waals surface area contributed by atoms with Crippen molar-refractivity contribution in [1.82, 2.24) is 10.2 Å². The van der Waals surface area contributed by atoms with Crippen molar-refractivity contribution in [2.75, 3.05) is 26.7 Å². The monoisotopic (exact) mass is 253 g/mol. The summed E-state index contributed by atoms with van der Waals surface area (Å²) in [6.45, 7) is 12.0. The highest BCUT2D eigenvalue weighted by molar-refractivity contribution is 5.79. The fourth-order valence-electron chi connectivity index (χ4n) is 1.84. The van der Waals surface area contributed by atoms with Crippen LogP contribution < -0.4 is 5.32 Å². The van der Waals surface area contributed by atoms with E-state index in [0.29, 0.717) is 6.04 Å². The number of amidine groups is 1. The van der Waals surface area contributed by atoms with Crippen LogP contribution in [0.2, 0.25) is 0 Å². The molecule has 0 amide bonds. The molecule has 0 aliphatic carbocycles. The van der Waals surface area contributed by atoms with E-state index < -0.39 is 0 Å². The molecule has 106 valence electrons. The van der Waals surface area contributed by atoms with Gasteiger partial charge < -0.3 is 5.32 Å². The molecular weight excluding hydrogens is 222 g/mol. The molecule has 3 heteroatoms. The summed E-state index contributed by atoms with van der Waals surface area (Å²) in [5, 5.41) is 3.25. The molecule has 0 spiro atoms. The first-order valence-electron chi connectivity index (χ1n) is 7.23. The van der Waals surface area contributed by atoms with Crippen molar-refractivity contribution >= 4 is 5.84 Å². The second-order valence-electron chi connectivity index (χ2n) is 4.75. The topological polar surface area (TPSA) is 27.6 Å². The van der Waals surface area contributed by atoms with Crippen LogP contribution in [-0.2, 0) is 0 Å². The van der Waals surface area contributed by atoms with Crippen molar-refractivity contribution in [2.45, 2.75) is 53.0 Å². The van der Waals surface area contributed by atoms with Crippen molar-refractivity contribution in [1.29, 1.82) is 0 Å². The normalized spacial score (nSPS) is 14.4. The van der Waals surface area contributed by atoms with Crippen LogP contribution in [0.5, 0.6) is 0 Å². The Balaban J connectivity index is 4.06. The first kappa shape index (κ1) is 17.2. The number of rotatable bonds is 9. The van der Waals surface area contributed by atoms with E-state index in [1.165, 1.54) is 32.4 Å². The molecule has 0 aliphatic rings. The van der Waals surface area contributed by atoms with Crippen LogP contribution in [0.4, 0.5) is 0 Å². The van der Waals surface area contributed by atoms with Gasteiger partial charge in [0.05, 0.1) is 5.84 Å². The molecule has 0 aliphatic heterocycles. The molecule has 0 aromatic rings. The lowest BCUT2D eigenvalue weighted by atomic mass is 10.2. The maximum absolute atomic E-state index is 4.07. The SMILES string of the molecule is CCCCN(CCC)C(C)/C=C\CNC(C)=NC. The number of unbranched alkanes of at least 4 members (excludes halogenated alkanes) is 1. The summed E-state index contributed by atoms with van der Waals surface area (Å²) in [7, 11) is 1.81. The number of hydrogen-bond acceptors (Lipinski definition) is 2. The van der Waals surface area contributed by atoms with Crippen molar-refractivity contribution in [3.05, 3.63) is 12.2 Å². The predicted octanol–water partition coefficient (Wildman–Crippen LogP) is 3.08. The fourth-order valence-corrected chi connectivity index (χ4v) is 1.84. The lowest BCUT2D eigenvalue weighted by Gasteiger charge is -2.26. The summed E-state index contributed by atoms with van der Waals surface area (Å²) in [6.07, 6.45) is 8.28. The smallest absolute Gasteiger partial charge is 0.0930 e. The van der Waals surface area contributed by atoms with Crippen molar-refractivity contribution in [2.24, 2.45) is 4.99 Å². The van der Waals surface area contributed by atoms with Crippen molar-refractivity contribution in [3.63, 3.8) is 0 Å². The third-order valence-electron chi connectivity index (χ3n) is 3.11. The van der Waals surface area contributed by atoms with Gasteiger partial charge in [-0.1, -0.05) is 32.4 Å². The number of nitrogens with zero attached hydrogens (tertiary/aromatic N) is 2. The third kappa shape index (κ3) is 8.29. The van der Waals surface area contributed by atoms with Gasteiger partial charge in [0.15, 0.2) is 0 Å². The van der Waals surface area contributed by atoms with E-state index in [1.54, 1.807) is 0 Å². The van der Waals surface area contributed by atoms with Gasteiger partial charge >= 0.3 is 0 Å². The van der Waals surface area contributed by atoms with Crippen LogP contribution in [0.25, 0.3) is 0 Å². The summed E-state index contributed by atoms with van der Waals surface area (Å²) in [4.78, 5) is 6.63. The van der Waals surface area contributed by atoms with Gasteiger partial charge in [0.1, 0.15) is 0 Å². The zero-order chi connectivity index (χ0) is 13.8. The average molecular weight is 253 g/mol. The fraction of sp³-hybridized carbons (Fsp3) is 0.800. The standard InChI is InChI=1S/C15H31N3/c1-6-8-13-18(12-7-2)14(3)10-9-11-17-15(4)16-5/h9-10,14H,6-8,11-13H2,1-5H3,(H,16,17)/b10-9-. The molecule has 0 bridgehead atoms. The van der Waals surface area contributed by atoms with Gasteiger partial charge in [-0.05, 0) is 39.8 Å². The van der Waals surface area contributed by atoms with E-state index in [4.69, 9.17) is 0 Å². The van der Waals surface area contributed by atoms with Gasteiger partial charge in [0.2, 0.25) is 0 Å².